The SMILES string of the molecule is c1ccc(-c2ccc(-c3nc(-c4ccccc4)nc(-c4ccc(-c5cccc(-c6ccc(-c7cc8c(cn7)oc7c9ccccc9cnc87)cc6)c5)cc4)n3)cc2)cc1. The van der Waals surface area contributed by atoms with E-state index in [1.165, 1.54) is 5.56 Å². The van der Waals surface area contributed by atoms with Gasteiger partial charge >= 0.3 is 0 Å². The molecule has 0 fully saturated rings. The van der Waals surface area contributed by atoms with E-state index in [0.29, 0.717) is 17.5 Å². The molecule has 0 radical (unpaired) electrons. The summed E-state index contributed by atoms with van der Waals surface area (Å²) in [4.78, 5) is 24.4. The molecule has 6 heteroatoms. The van der Waals surface area contributed by atoms with Crippen LogP contribution in [0.1, 0.15) is 0 Å². The normalized spacial score (nSPS) is 11.4. The van der Waals surface area contributed by atoms with Crippen molar-refractivity contribution in [3.8, 4) is 78.8 Å². The highest BCUT2D eigenvalue weighted by Gasteiger charge is 2.15. The molecule has 6 nitrogen and oxygen atoms in total. The summed E-state index contributed by atoms with van der Waals surface area (Å²) in [6.07, 6.45) is 3.71. The van der Waals surface area contributed by atoms with E-state index in [4.69, 9.17) is 29.3 Å². The summed E-state index contributed by atoms with van der Waals surface area (Å²) in [7, 11) is 0. The predicted octanol–water partition coefficient (Wildman–Crippen LogP) is 13.4. The van der Waals surface area contributed by atoms with Gasteiger partial charge in [0, 0.05) is 39.2 Å². The number of rotatable bonds is 7. The van der Waals surface area contributed by atoms with E-state index in [1.807, 2.05) is 54.7 Å². The van der Waals surface area contributed by atoms with Crippen molar-refractivity contribution in [2.45, 2.75) is 0 Å². The molecule has 0 amide bonds. The number of furan rings is 1. The van der Waals surface area contributed by atoms with Crippen LogP contribution in [0, 0.1) is 0 Å². The van der Waals surface area contributed by atoms with Crippen molar-refractivity contribution in [1.29, 1.82) is 0 Å². The van der Waals surface area contributed by atoms with Gasteiger partial charge in [0.25, 0.3) is 0 Å². The lowest BCUT2D eigenvalue weighted by atomic mass is 9.97. The van der Waals surface area contributed by atoms with Crippen LogP contribution in [0.2, 0.25) is 0 Å². The topological polar surface area (TPSA) is 77.6 Å². The summed E-state index contributed by atoms with van der Waals surface area (Å²) in [6.45, 7) is 0. The molecule has 0 unspecified atom stereocenters. The first-order valence-electron chi connectivity index (χ1n) is 19.6. The van der Waals surface area contributed by atoms with E-state index in [-0.39, 0.29) is 0 Å². The minimum atomic E-state index is 0.626. The lowest BCUT2D eigenvalue weighted by molar-refractivity contribution is 0.670. The van der Waals surface area contributed by atoms with E-state index in [1.54, 1.807) is 6.20 Å². The molecule has 4 heterocycles. The Hall–Kier alpha value is -8.09. The van der Waals surface area contributed by atoms with Crippen molar-refractivity contribution in [2.24, 2.45) is 0 Å². The molecule has 0 spiro atoms. The van der Waals surface area contributed by atoms with Gasteiger partial charge in [-0.2, -0.15) is 0 Å². The van der Waals surface area contributed by atoms with Crippen molar-refractivity contribution in [2.75, 3.05) is 0 Å². The van der Waals surface area contributed by atoms with Gasteiger partial charge in [-0.25, -0.2) is 15.0 Å². The third-order valence-corrected chi connectivity index (χ3v) is 10.9. The number of hydrogen-bond donors (Lipinski definition) is 0. The van der Waals surface area contributed by atoms with Crippen LogP contribution in [0.25, 0.3) is 112 Å². The van der Waals surface area contributed by atoms with Crippen LogP contribution in [0.3, 0.4) is 0 Å². The fraction of sp³-hybridized carbons (Fsp3) is 0. The van der Waals surface area contributed by atoms with Crippen LogP contribution in [-0.2, 0) is 0 Å². The highest BCUT2D eigenvalue weighted by molar-refractivity contribution is 6.13. The Labute approximate surface area is 340 Å². The maximum atomic E-state index is 6.23. The highest BCUT2D eigenvalue weighted by Crippen LogP contribution is 2.35. The molecule has 0 aliphatic carbocycles. The summed E-state index contributed by atoms with van der Waals surface area (Å²) in [5, 5.41) is 3.06. The minimum absolute atomic E-state index is 0.626. The van der Waals surface area contributed by atoms with Crippen molar-refractivity contribution in [3.05, 3.63) is 200 Å². The molecule has 0 atom stereocenters. The van der Waals surface area contributed by atoms with Gasteiger partial charge in [0.2, 0.25) is 0 Å². The molecule has 0 N–H and O–H groups in total. The molecule has 0 aliphatic rings. The second-order valence-corrected chi connectivity index (χ2v) is 14.5. The van der Waals surface area contributed by atoms with Crippen molar-refractivity contribution < 1.29 is 4.42 Å². The third-order valence-electron chi connectivity index (χ3n) is 10.9. The Morgan fingerprint density at radius 1 is 0.322 bits per heavy atom. The van der Waals surface area contributed by atoms with Gasteiger partial charge in [0.15, 0.2) is 28.6 Å². The Morgan fingerprint density at radius 2 is 0.780 bits per heavy atom. The second-order valence-electron chi connectivity index (χ2n) is 14.5. The van der Waals surface area contributed by atoms with Gasteiger partial charge in [0.1, 0.15) is 5.52 Å². The molecule has 4 aromatic heterocycles. The van der Waals surface area contributed by atoms with E-state index < -0.39 is 0 Å². The average Bonchev–Trinajstić information content (AvgIpc) is 3.71. The monoisotopic (exact) mass is 755 g/mol. The zero-order valence-electron chi connectivity index (χ0n) is 31.7. The molecule has 0 saturated carbocycles. The van der Waals surface area contributed by atoms with Crippen LogP contribution in [0.5, 0.6) is 0 Å². The van der Waals surface area contributed by atoms with Gasteiger partial charge in [-0.05, 0) is 45.5 Å². The lowest BCUT2D eigenvalue weighted by Gasteiger charge is -2.10. The third kappa shape index (κ3) is 6.49. The zero-order chi connectivity index (χ0) is 39.1. The van der Waals surface area contributed by atoms with E-state index in [9.17, 15) is 0 Å². The molecule has 11 aromatic rings. The molecule has 0 saturated heterocycles. The molecular formula is C53H33N5O. The van der Waals surface area contributed by atoms with Gasteiger partial charge < -0.3 is 4.42 Å². The summed E-state index contributed by atoms with van der Waals surface area (Å²) in [5.41, 5.74) is 13.9. The second kappa shape index (κ2) is 14.4. The van der Waals surface area contributed by atoms with Crippen molar-refractivity contribution in [3.63, 3.8) is 0 Å². The number of aromatic nitrogens is 5. The first kappa shape index (κ1) is 34.2. The molecule has 276 valence electrons. The number of hydrogen-bond acceptors (Lipinski definition) is 6. The number of fused-ring (bicyclic) bond motifs is 5. The lowest BCUT2D eigenvalue weighted by Crippen LogP contribution is -2.00. The predicted molar refractivity (Wildman–Crippen MR) is 238 cm³/mol. The van der Waals surface area contributed by atoms with Crippen molar-refractivity contribution in [1.82, 2.24) is 24.9 Å². The van der Waals surface area contributed by atoms with Crippen molar-refractivity contribution >= 4 is 32.8 Å². The maximum absolute atomic E-state index is 6.23. The summed E-state index contributed by atoms with van der Waals surface area (Å²) >= 11 is 0. The van der Waals surface area contributed by atoms with Crippen LogP contribution in [0.4, 0.5) is 0 Å². The zero-order valence-corrected chi connectivity index (χ0v) is 31.7. The average molecular weight is 756 g/mol. The molecule has 0 bridgehead atoms. The number of nitrogens with zero attached hydrogens (tertiary/aromatic N) is 5. The fourth-order valence-electron chi connectivity index (χ4n) is 7.73. The summed E-state index contributed by atoms with van der Waals surface area (Å²) < 4.78 is 6.23. The molecule has 59 heavy (non-hydrogen) atoms. The summed E-state index contributed by atoms with van der Waals surface area (Å²) in [6, 6.07) is 64.7. The van der Waals surface area contributed by atoms with Gasteiger partial charge in [-0.1, -0.05) is 176 Å². The fourth-order valence-corrected chi connectivity index (χ4v) is 7.73. The molecule has 11 rings (SSSR count). The van der Waals surface area contributed by atoms with Gasteiger partial charge in [-0.15, -0.1) is 0 Å². The Morgan fingerprint density at radius 3 is 1.39 bits per heavy atom. The Bertz CT molecular complexity index is 3290. The molecule has 7 aromatic carbocycles. The maximum Gasteiger partial charge on any atom is 0.164 e. The van der Waals surface area contributed by atoms with Crippen LogP contribution in [-0.4, -0.2) is 24.9 Å². The first-order valence-corrected chi connectivity index (χ1v) is 19.6. The molecular weight excluding hydrogens is 723 g/mol. The summed E-state index contributed by atoms with van der Waals surface area (Å²) in [5.74, 6) is 1.90. The van der Waals surface area contributed by atoms with Gasteiger partial charge in [-0.3, -0.25) is 9.97 Å². The molecule has 0 aliphatic heterocycles. The standard InChI is InChI=1S/C53H33N5O/c1-3-10-34(11-4-1)35-20-26-40(27-21-35)52-56-51(39-12-5-2-6-13-39)57-53(58-52)41-28-22-37(23-29-41)43-16-9-15-42(30-43)36-18-24-38(25-19-36)47-31-46-48(33-54-47)59-50-45-17-8-7-14-44(45)32-55-49(46)50/h1-33H. The van der Waals surface area contributed by atoms with E-state index in [2.05, 4.69) is 140 Å². The Balaban J connectivity index is 0.870. The van der Waals surface area contributed by atoms with Crippen LogP contribution < -0.4 is 0 Å². The van der Waals surface area contributed by atoms with E-state index in [0.717, 1.165) is 88.6 Å². The Kier molecular flexibility index (Phi) is 8.37. The van der Waals surface area contributed by atoms with Crippen LogP contribution >= 0.6 is 0 Å². The largest absolute Gasteiger partial charge is 0.452 e. The minimum Gasteiger partial charge on any atom is -0.452 e. The van der Waals surface area contributed by atoms with Gasteiger partial charge in [0.05, 0.1) is 17.3 Å². The number of benzene rings is 7. The smallest absolute Gasteiger partial charge is 0.164 e. The first-order chi connectivity index (χ1) is 29.2. The van der Waals surface area contributed by atoms with E-state index >= 15 is 0 Å². The number of pyridine rings is 2. The highest BCUT2D eigenvalue weighted by atomic mass is 16.3. The van der Waals surface area contributed by atoms with Crippen LogP contribution in [0.15, 0.2) is 205 Å². The quantitative estimate of drug-likeness (QED) is 0.161.